The van der Waals surface area contributed by atoms with Crippen molar-refractivity contribution in [3.8, 4) is 6.07 Å². The first-order valence-electron chi connectivity index (χ1n) is 3.50. The first kappa shape index (κ1) is 7.90. The van der Waals surface area contributed by atoms with E-state index in [0.717, 1.165) is 24.3 Å². The van der Waals surface area contributed by atoms with Crippen LogP contribution in [0.2, 0.25) is 0 Å². The van der Waals surface area contributed by atoms with Gasteiger partial charge in [-0.3, -0.25) is 0 Å². The van der Waals surface area contributed by atoms with Gasteiger partial charge in [-0.2, -0.15) is 17.0 Å². The average Bonchev–Trinajstić information content (AvgIpc) is 1.89. The topological polar surface area (TPSA) is 49.8 Å². The van der Waals surface area contributed by atoms with Gasteiger partial charge in [-0.25, -0.2) is 0 Å². The maximum atomic E-state index is 8.45. The van der Waals surface area contributed by atoms with Crippen LogP contribution in [0, 0.1) is 11.3 Å². The van der Waals surface area contributed by atoms with Crippen molar-refractivity contribution >= 4 is 11.8 Å². The number of nitriles is 1. The van der Waals surface area contributed by atoms with E-state index in [1.54, 1.807) is 0 Å². The second-order valence-corrected chi connectivity index (χ2v) is 4.03. The lowest BCUT2D eigenvalue weighted by molar-refractivity contribution is 0.402. The molecule has 2 N–H and O–H groups in total. The molecule has 1 aliphatic rings. The average molecular weight is 156 g/mol. The number of thioether (sulfide) groups is 1. The molecule has 0 radical (unpaired) electrons. The predicted octanol–water partition coefficient (Wildman–Crippen LogP) is 1.12. The van der Waals surface area contributed by atoms with Crippen LogP contribution in [0.3, 0.4) is 0 Å². The molecule has 0 amide bonds. The largest absolute Gasteiger partial charge is 0.324 e. The van der Waals surface area contributed by atoms with Crippen molar-refractivity contribution in [2.24, 2.45) is 5.73 Å². The van der Waals surface area contributed by atoms with Crippen molar-refractivity contribution in [3.63, 3.8) is 0 Å². The molecule has 3 heteroatoms. The lowest BCUT2D eigenvalue weighted by Gasteiger charge is -2.30. The molecule has 1 heterocycles. The second-order valence-electron chi connectivity index (χ2n) is 2.81. The summed E-state index contributed by atoms with van der Waals surface area (Å²) in [5.74, 6) is 2.25. The third kappa shape index (κ3) is 1.89. The summed E-state index contributed by atoms with van der Waals surface area (Å²) < 4.78 is 0. The Bertz CT molecular complexity index is 144. The SMILES string of the molecule is N#CCC1(N)CCSCC1. The highest BCUT2D eigenvalue weighted by molar-refractivity contribution is 7.99. The Hall–Kier alpha value is -0.200. The zero-order valence-electron chi connectivity index (χ0n) is 5.97. The van der Waals surface area contributed by atoms with Gasteiger partial charge in [-0.15, -0.1) is 0 Å². The van der Waals surface area contributed by atoms with E-state index in [4.69, 9.17) is 11.0 Å². The third-order valence-electron chi connectivity index (χ3n) is 1.92. The highest BCUT2D eigenvalue weighted by Gasteiger charge is 2.26. The zero-order valence-corrected chi connectivity index (χ0v) is 6.78. The van der Waals surface area contributed by atoms with E-state index in [1.165, 1.54) is 0 Å². The molecular weight excluding hydrogens is 144 g/mol. The molecule has 0 aromatic carbocycles. The van der Waals surface area contributed by atoms with Crippen LogP contribution in [-0.4, -0.2) is 17.0 Å². The van der Waals surface area contributed by atoms with Crippen LogP contribution in [0.15, 0.2) is 0 Å². The van der Waals surface area contributed by atoms with Crippen LogP contribution >= 0.6 is 11.8 Å². The summed E-state index contributed by atoms with van der Waals surface area (Å²) in [6.45, 7) is 0. The zero-order chi connectivity index (χ0) is 7.45. The number of rotatable bonds is 1. The fourth-order valence-corrected chi connectivity index (χ4v) is 2.42. The molecule has 56 valence electrons. The van der Waals surface area contributed by atoms with E-state index in [2.05, 4.69) is 6.07 Å². The van der Waals surface area contributed by atoms with Crippen molar-refractivity contribution in [1.82, 2.24) is 0 Å². The van der Waals surface area contributed by atoms with E-state index < -0.39 is 0 Å². The van der Waals surface area contributed by atoms with Gasteiger partial charge in [0.2, 0.25) is 0 Å². The lowest BCUT2D eigenvalue weighted by atomic mass is 9.91. The minimum absolute atomic E-state index is 0.153. The summed E-state index contributed by atoms with van der Waals surface area (Å²) in [4.78, 5) is 0. The Balaban J connectivity index is 2.42. The minimum Gasteiger partial charge on any atom is -0.324 e. The maximum absolute atomic E-state index is 8.45. The van der Waals surface area contributed by atoms with E-state index >= 15 is 0 Å². The second kappa shape index (κ2) is 3.27. The molecule has 1 fully saturated rings. The molecule has 1 saturated heterocycles. The Morgan fingerprint density at radius 3 is 2.60 bits per heavy atom. The molecule has 0 spiro atoms. The Morgan fingerprint density at radius 2 is 2.10 bits per heavy atom. The summed E-state index contributed by atoms with van der Waals surface area (Å²) in [6.07, 6.45) is 2.53. The predicted molar refractivity (Wildman–Crippen MR) is 43.7 cm³/mol. The lowest BCUT2D eigenvalue weighted by Crippen LogP contribution is -2.42. The number of hydrogen-bond donors (Lipinski definition) is 1. The van der Waals surface area contributed by atoms with E-state index in [0.29, 0.717) is 6.42 Å². The molecule has 0 saturated carbocycles. The van der Waals surface area contributed by atoms with Crippen LogP contribution in [0.4, 0.5) is 0 Å². The standard InChI is InChI=1S/C7H12N2S/c8-4-1-7(9)2-5-10-6-3-7/h1-3,5-6,9H2. The van der Waals surface area contributed by atoms with Gasteiger partial charge in [0.05, 0.1) is 12.5 Å². The number of hydrogen-bond acceptors (Lipinski definition) is 3. The van der Waals surface area contributed by atoms with Gasteiger partial charge in [-0.1, -0.05) is 0 Å². The summed E-state index contributed by atoms with van der Waals surface area (Å²) >= 11 is 1.93. The monoisotopic (exact) mass is 156 g/mol. The van der Waals surface area contributed by atoms with Gasteiger partial charge in [0.1, 0.15) is 0 Å². The Kier molecular flexibility index (Phi) is 2.58. The van der Waals surface area contributed by atoms with Gasteiger partial charge >= 0.3 is 0 Å². The van der Waals surface area contributed by atoms with Crippen molar-refractivity contribution < 1.29 is 0 Å². The first-order chi connectivity index (χ1) is 4.77. The quantitative estimate of drug-likeness (QED) is 0.619. The highest BCUT2D eigenvalue weighted by atomic mass is 32.2. The first-order valence-corrected chi connectivity index (χ1v) is 4.66. The molecular formula is C7H12N2S. The Labute approximate surface area is 65.8 Å². The van der Waals surface area contributed by atoms with Gasteiger partial charge in [0, 0.05) is 5.54 Å². The maximum Gasteiger partial charge on any atom is 0.0641 e. The summed E-state index contributed by atoms with van der Waals surface area (Å²) in [5.41, 5.74) is 5.78. The van der Waals surface area contributed by atoms with Gasteiger partial charge < -0.3 is 5.73 Å². The molecule has 2 nitrogen and oxygen atoms in total. The fourth-order valence-electron chi connectivity index (χ4n) is 1.11. The van der Waals surface area contributed by atoms with Crippen LogP contribution in [0.5, 0.6) is 0 Å². The molecule has 1 rings (SSSR count). The molecule has 0 aromatic heterocycles. The van der Waals surface area contributed by atoms with Crippen molar-refractivity contribution in [2.45, 2.75) is 24.8 Å². The third-order valence-corrected chi connectivity index (χ3v) is 2.91. The Morgan fingerprint density at radius 1 is 1.50 bits per heavy atom. The van der Waals surface area contributed by atoms with E-state index in [1.807, 2.05) is 11.8 Å². The number of nitrogens with two attached hydrogens (primary N) is 1. The molecule has 0 aliphatic carbocycles. The molecule has 0 unspecified atom stereocenters. The van der Waals surface area contributed by atoms with E-state index in [9.17, 15) is 0 Å². The fraction of sp³-hybridized carbons (Fsp3) is 0.857. The van der Waals surface area contributed by atoms with Crippen molar-refractivity contribution in [2.75, 3.05) is 11.5 Å². The summed E-state index contributed by atoms with van der Waals surface area (Å²) in [7, 11) is 0. The van der Waals surface area contributed by atoms with E-state index in [-0.39, 0.29) is 5.54 Å². The van der Waals surface area contributed by atoms with Gasteiger partial charge in [-0.05, 0) is 24.3 Å². The van der Waals surface area contributed by atoms with Gasteiger partial charge in [0.15, 0.2) is 0 Å². The molecule has 1 aliphatic heterocycles. The molecule has 0 aromatic rings. The van der Waals surface area contributed by atoms with Crippen LogP contribution < -0.4 is 5.73 Å². The highest BCUT2D eigenvalue weighted by Crippen LogP contribution is 2.26. The minimum atomic E-state index is -0.153. The molecule has 0 atom stereocenters. The normalized spacial score (nSPS) is 23.6. The van der Waals surface area contributed by atoms with Crippen molar-refractivity contribution in [1.29, 1.82) is 5.26 Å². The van der Waals surface area contributed by atoms with Crippen LogP contribution in [0.25, 0.3) is 0 Å². The van der Waals surface area contributed by atoms with Crippen molar-refractivity contribution in [3.05, 3.63) is 0 Å². The summed E-state index contributed by atoms with van der Waals surface area (Å²) in [6, 6.07) is 2.14. The smallest absolute Gasteiger partial charge is 0.0641 e. The molecule has 10 heavy (non-hydrogen) atoms. The summed E-state index contributed by atoms with van der Waals surface area (Å²) in [5, 5.41) is 8.45. The number of nitrogens with zero attached hydrogens (tertiary/aromatic N) is 1. The van der Waals surface area contributed by atoms with Gasteiger partial charge in [0.25, 0.3) is 0 Å². The molecule has 0 bridgehead atoms. The van der Waals surface area contributed by atoms with Crippen LogP contribution in [0.1, 0.15) is 19.3 Å². The van der Waals surface area contributed by atoms with Crippen LogP contribution in [-0.2, 0) is 0 Å².